The lowest BCUT2D eigenvalue weighted by Gasteiger charge is -2.28. The topological polar surface area (TPSA) is 79.4 Å². The Morgan fingerprint density at radius 2 is 2.00 bits per heavy atom. The van der Waals surface area contributed by atoms with Crippen molar-refractivity contribution < 1.29 is 14.6 Å². The average molecular weight is 364 g/mol. The Bertz CT molecular complexity index is 951. The van der Waals surface area contributed by atoms with Crippen molar-refractivity contribution in [3.8, 4) is 0 Å². The van der Waals surface area contributed by atoms with E-state index in [1.54, 1.807) is 13.0 Å². The van der Waals surface area contributed by atoms with Crippen molar-refractivity contribution in [2.75, 3.05) is 5.32 Å². The number of aromatic amines is 1. The fourth-order valence-corrected chi connectivity index (χ4v) is 3.30. The van der Waals surface area contributed by atoms with Crippen LogP contribution >= 0.6 is 0 Å². The highest BCUT2D eigenvalue weighted by Gasteiger charge is 2.36. The zero-order valence-corrected chi connectivity index (χ0v) is 14.1. The fraction of sp³-hybridized carbons (Fsp3) is 0.412. The summed E-state index contributed by atoms with van der Waals surface area (Å²) in [7, 11) is 0. The van der Waals surface area contributed by atoms with Crippen molar-refractivity contribution in [3.05, 3.63) is 35.7 Å². The summed E-state index contributed by atoms with van der Waals surface area (Å²) in [4.78, 5) is 12.6. The van der Waals surface area contributed by atoms with Gasteiger partial charge in [0.15, 0.2) is 5.65 Å². The Morgan fingerprint density at radius 1 is 1.23 bits per heavy atom. The van der Waals surface area contributed by atoms with Crippen LogP contribution in [-0.4, -0.2) is 31.1 Å². The molecular formula is C17H19F3N6. The summed E-state index contributed by atoms with van der Waals surface area (Å²) in [5.41, 5.74) is 1.12. The second-order valence-corrected chi connectivity index (χ2v) is 6.60. The van der Waals surface area contributed by atoms with Gasteiger partial charge < -0.3 is 5.32 Å². The second kappa shape index (κ2) is 6.22. The van der Waals surface area contributed by atoms with Gasteiger partial charge in [0, 0.05) is 31.9 Å². The molecule has 1 aliphatic rings. The van der Waals surface area contributed by atoms with Crippen LogP contribution in [0.1, 0.15) is 44.5 Å². The molecule has 0 aliphatic heterocycles. The van der Waals surface area contributed by atoms with Gasteiger partial charge in [0.25, 0.3) is 0 Å². The van der Waals surface area contributed by atoms with E-state index in [1.165, 1.54) is 6.07 Å². The number of anilines is 2. The predicted molar refractivity (Wildman–Crippen MR) is 92.2 cm³/mol. The van der Waals surface area contributed by atoms with E-state index in [2.05, 4.69) is 30.5 Å². The maximum Gasteiger partial charge on any atom is 0.248 e. The molecule has 0 amide bonds. The van der Waals surface area contributed by atoms with Gasteiger partial charge in [-0.15, -0.1) is 0 Å². The quantitative estimate of drug-likeness (QED) is 0.716. The minimum absolute atomic E-state index is 0. The summed E-state index contributed by atoms with van der Waals surface area (Å²) in [5, 5.41) is 10.4. The van der Waals surface area contributed by atoms with Gasteiger partial charge in [0.1, 0.15) is 23.3 Å². The number of hydrogen-bond acceptors (Lipinski definition) is 5. The molecule has 0 unspecified atom stereocenters. The Kier molecular flexibility index (Phi) is 4.01. The predicted octanol–water partition coefficient (Wildman–Crippen LogP) is 4.48. The zero-order chi connectivity index (χ0) is 18.3. The van der Waals surface area contributed by atoms with Crippen molar-refractivity contribution >= 4 is 22.7 Å². The number of rotatable bonds is 3. The van der Waals surface area contributed by atoms with Gasteiger partial charge in [-0.25, -0.2) is 28.1 Å². The van der Waals surface area contributed by atoms with E-state index < -0.39 is 11.7 Å². The first-order valence-electron chi connectivity index (χ1n) is 8.40. The molecule has 0 aromatic carbocycles. The Hall–Kier alpha value is -2.71. The lowest BCUT2D eigenvalue weighted by molar-refractivity contribution is -0.0384. The number of pyridine rings is 1. The highest BCUT2D eigenvalue weighted by atomic mass is 19.3. The largest absolute Gasteiger partial charge is 0.325 e. The lowest BCUT2D eigenvalue weighted by Crippen LogP contribution is -2.24. The SMILES string of the molecule is Cc1nc(Nc2[nH]nc3ncc(F)cc23)cc(C2CCC(F)(F)CC2)n1.[HH]. The molecule has 9 heteroatoms. The van der Waals surface area contributed by atoms with Gasteiger partial charge in [0.05, 0.1) is 11.6 Å². The van der Waals surface area contributed by atoms with Crippen LogP contribution in [0.4, 0.5) is 24.8 Å². The van der Waals surface area contributed by atoms with Crippen LogP contribution in [0.2, 0.25) is 0 Å². The molecule has 2 N–H and O–H groups in total. The van der Waals surface area contributed by atoms with Crippen LogP contribution in [-0.2, 0) is 0 Å². The number of halogens is 3. The van der Waals surface area contributed by atoms with E-state index in [9.17, 15) is 13.2 Å². The maximum absolute atomic E-state index is 13.4. The van der Waals surface area contributed by atoms with E-state index >= 15 is 0 Å². The molecule has 0 atom stereocenters. The Balaban J connectivity index is 0.00000210. The van der Waals surface area contributed by atoms with Gasteiger partial charge in [0.2, 0.25) is 5.92 Å². The molecule has 0 radical (unpaired) electrons. The molecule has 6 nitrogen and oxygen atoms in total. The first-order valence-corrected chi connectivity index (χ1v) is 8.40. The number of fused-ring (bicyclic) bond motifs is 1. The van der Waals surface area contributed by atoms with Gasteiger partial charge in [-0.2, -0.15) is 5.10 Å². The van der Waals surface area contributed by atoms with E-state index in [1.807, 2.05) is 0 Å². The van der Waals surface area contributed by atoms with Gasteiger partial charge in [-0.1, -0.05) is 0 Å². The summed E-state index contributed by atoms with van der Waals surface area (Å²) < 4.78 is 40.2. The number of aryl methyl sites for hydroxylation is 1. The zero-order valence-electron chi connectivity index (χ0n) is 14.1. The van der Waals surface area contributed by atoms with Gasteiger partial charge in [-0.05, 0) is 25.8 Å². The number of H-pyrrole nitrogens is 1. The van der Waals surface area contributed by atoms with Crippen molar-refractivity contribution in [1.29, 1.82) is 0 Å². The molecule has 3 aromatic heterocycles. The van der Waals surface area contributed by atoms with Gasteiger partial charge in [-0.3, -0.25) is 5.10 Å². The third kappa shape index (κ3) is 3.33. The minimum atomic E-state index is -2.58. The van der Waals surface area contributed by atoms with Crippen LogP contribution in [0.15, 0.2) is 18.3 Å². The minimum Gasteiger partial charge on any atom is -0.325 e. The molecule has 138 valence electrons. The average Bonchev–Trinajstić information content (AvgIpc) is 2.96. The summed E-state index contributed by atoms with van der Waals surface area (Å²) in [6, 6.07) is 3.08. The fourth-order valence-electron chi connectivity index (χ4n) is 3.30. The van der Waals surface area contributed by atoms with Crippen LogP contribution in [0.5, 0.6) is 0 Å². The Labute approximate surface area is 148 Å². The number of aromatic nitrogens is 5. The lowest BCUT2D eigenvalue weighted by atomic mass is 9.84. The van der Waals surface area contributed by atoms with Crippen LogP contribution < -0.4 is 5.32 Å². The monoisotopic (exact) mass is 364 g/mol. The first-order chi connectivity index (χ1) is 12.4. The molecule has 0 bridgehead atoms. The third-order valence-electron chi connectivity index (χ3n) is 4.62. The van der Waals surface area contributed by atoms with E-state index in [0.29, 0.717) is 41.3 Å². The van der Waals surface area contributed by atoms with E-state index in [-0.39, 0.29) is 20.2 Å². The first kappa shape index (κ1) is 16.7. The number of hydrogen-bond donors (Lipinski definition) is 2. The van der Waals surface area contributed by atoms with E-state index in [0.717, 1.165) is 11.9 Å². The molecular weight excluding hydrogens is 345 g/mol. The third-order valence-corrected chi connectivity index (χ3v) is 4.62. The summed E-state index contributed by atoms with van der Waals surface area (Å²) in [5.74, 6) is -1.56. The molecule has 1 fully saturated rings. The van der Waals surface area contributed by atoms with Crippen LogP contribution in [0, 0.1) is 12.7 Å². The summed E-state index contributed by atoms with van der Waals surface area (Å²) in [6.45, 7) is 1.75. The van der Waals surface area contributed by atoms with Crippen molar-refractivity contribution in [3.63, 3.8) is 0 Å². The molecule has 0 spiro atoms. The maximum atomic E-state index is 13.4. The molecule has 3 aromatic rings. The summed E-state index contributed by atoms with van der Waals surface area (Å²) >= 11 is 0. The van der Waals surface area contributed by atoms with Crippen molar-refractivity contribution in [1.82, 2.24) is 25.1 Å². The highest BCUT2D eigenvalue weighted by Crippen LogP contribution is 2.40. The highest BCUT2D eigenvalue weighted by molar-refractivity contribution is 5.88. The van der Waals surface area contributed by atoms with Crippen molar-refractivity contribution in [2.45, 2.75) is 44.4 Å². The summed E-state index contributed by atoms with van der Waals surface area (Å²) in [6.07, 6.45) is 1.63. The van der Waals surface area contributed by atoms with Crippen molar-refractivity contribution in [2.24, 2.45) is 0 Å². The van der Waals surface area contributed by atoms with Crippen LogP contribution in [0.3, 0.4) is 0 Å². The number of alkyl halides is 2. The van der Waals surface area contributed by atoms with Crippen LogP contribution in [0.25, 0.3) is 11.0 Å². The van der Waals surface area contributed by atoms with Gasteiger partial charge >= 0.3 is 0 Å². The van der Waals surface area contributed by atoms with E-state index in [4.69, 9.17) is 0 Å². The molecule has 0 saturated heterocycles. The molecule has 1 saturated carbocycles. The molecule has 4 rings (SSSR count). The number of nitrogens with zero attached hydrogens (tertiary/aromatic N) is 4. The normalized spacial score (nSPS) is 17.5. The smallest absolute Gasteiger partial charge is 0.248 e. The molecule has 1 aliphatic carbocycles. The standard InChI is InChI=1S/C17H17F3N6.H2/c1-9-22-13(10-2-4-17(19,20)5-3-10)7-14(23-9)24-16-12-6-11(18)8-21-15(12)25-26-16;/h6-8,10H,2-5H2,1H3,(H2,21,22,23,24,25,26);1H. The second-order valence-electron chi connectivity index (χ2n) is 6.60. The molecule has 3 heterocycles. The Morgan fingerprint density at radius 3 is 2.77 bits per heavy atom. The number of nitrogens with one attached hydrogen (secondary N) is 2. The molecule has 26 heavy (non-hydrogen) atoms.